The molecule has 1 aliphatic carbocycles. The molecule has 3 heteroatoms. The first-order valence-electron chi connectivity index (χ1n) is 6.88. The van der Waals surface area contributed by atoms with Crippen LogP contribution < -0.4 is 0 Å². The highest BCUT2D eigenvalue weighted by Crippen LogP contribution is 2.33. The molecular formula is C14H21NO2. The van der Waals surface area contributed by atoms with Crippen molar-refractivity contribution in [2.75, 3.05) is 13.1 Å². The molecule has 0 aromatic heterocycles. The summed E-state index contributed by atoms with van der Waals surface area (Å²) in [5.41, 5.74) is 1.05. The molecule has 0 unspecified atom stereocenters. The van der Waals surface area contributed by atoms with Crippen LogP contribution in [0.3, 0.4) is 0 Å². The molecule has 94 valence electrons. The largest absolute Gasteiger partial charge is 0.373 e. The highest BCUT2D eigenvalue weighted by atomic mass is 16.5. The number of amides is 1. The summed E-state index contributed by atoms with van der Waals surface area (Å²) in [5.74, 6) is 0.855. The fourth-order valence-corrected chi connectivity index (χ4v) is 3.40. The third-order valence-electron chi connectivity index (χ3n) is 4.28. The summed E-state index contributed by atoms with van der Waals surface area (Å²) < 4.78 is 5.84. The Morgan fingerprint density at radius 1 is 1.41 bits per heavy atom. The van der Waals surface area contributed by atoms with Crippen LogP contribution in [0.1, 0.15) is 39.0 Å². The van der Waals surface area contributed by atoms with Gasteiger partial charge in [0.25, 0.3) is 0 Å². The predicted octanol–water partition coefficient (Wildman–Crippen LogP) is 2.12. The van der Waals surface area contributed by atoms with Gasteiger partial charge in [-0.2, -0.15) is 0 Å². The highest BCUT2D eigenvalue weighted by Gasteiger charge is 2.42. The summed E-state index contributed by atoms with van der Waals surface area (Å²) in [6, 6.07) is 0. The molecule has 0 N–H and O–H groups in total. The number of hydrogen-bond donors (Lipinski definition) is 0. The second-order valence-electron chi connectivity index (χ2n) is 5.67. The number of carbonyl (C=O) groups excluding carboxylic acids is 1. The van der Waals surface area contributed by atoms with E-state index in [2.05, 4.69) is 13.0 Å². The zero-order chi connectivity index (χ0) is 11.8. The lowest BCUT2D eigenvalue weighted by molar-refractivity contribution is -0.127. The van der Waals surface area contributed by atoms with Crippen LogP contribution in [0.5, 0.6) is 0 Å². The van der Waals surface area contributed by atoms with E-state index in [4.69, 9.17) is 4.74 Å². The number of fused-ring (bicyclic) bond motifs is 1. The van der Waals surface area contributed by atoms with E-state index in [1.54, 1.807) is 0 Å². The molecule has 3 rings (SSSR count). The monoisotopic (exact) mass is 235 g/mol. The van der Waals surface area contributed by atoms with Crippen LogP contribution >= 0.6 is 0 Å². The van der Waals surface area contributed by atoms with Crippen LogP contribution in [0.2, 0.25) is 0 Å². The number of rotatable bonds is 1. The molecule has 2 heterocycles. The Labute approximate surface area is 103 Å². The molecule has 17 heavy (non-hydrogen) atoms. The molecule has 2 aliphatic heterocycles. The maximum atomic E-state index is 12.3. The van der Waals surface area contributed by atoms with Gasteiger partial charge < -0.3 is 9.64 Å². The minimum atomic E-state index is 0.273. The van der Waals surface area contributed by atoms with E-state index in [1.165, 1.54) is 12.8 Å². The third kappa shape index (κ3) is 2.13. The molecule has 0 aromatic rings. The first-order valence-corrected chi connectivity index (χ1v) is 6.88. The van der Waals surface area contributed by atoms with Crippen molar-refractivity contribution >= 4 is 5.91 Å². The van der Waals surface area contributed by atoms with Gasteiger partial charge in [0, 0.05) is 24.6 Å². The summed E-state index contributed by atoms with van der Waals surface area (Å²) in [6.45, 7) is 3.85. The van der Waals surface area contributed by atoms with Gasteiger partial charge in [-0.3, -0.25) is 4.79 Å². The molecule has 0 saturated carbocycles. The van der Waals surface area contributed by atoms with E-state index in [0.29, 0.717) is 18.1 Å². The van der Waals surface area contributed by atoms with Crippen molar-refractivity contribution in [3.05, 3.63) is 11.6 Å². The highest BCUT2D eigenvalue weighted by molar-refractivity contribution is 5.93. The molecule has 3 aliphatic rings. The smallest absolute Gasteiger partial charge is 0.249 e. The van der Waals surface area contributed by atoms with Crippen molar-refractivity contribution in [3.8, 4) is 0 Å². The maximum absolute atomic E-state index is 12.3. The Kier molecular flexibility index (Phi) is 2.95. The third-order valence-corrected chi connectivity index (χ3v) is 4.28. The average Bonchev–Trinajstić information content (AvgIpc) is 2.86. The molecule has 2 saturated heterocycles. The summed E-state index contributed by atoms with van der Waals surface area (Å²) >= 11 is 0. The van der Waals surface area contributed by atoms with Crippen LogP contribution in [-0.2, 0) is 9.53 Å². The zero-order valence-corrected chi connectivity index (χ0v) is 10.5. The van der Waals surface area contributed by atoms with Crippen LogP contribution in [0.25, 0.3) is 0 Å². The Bertz CT molecular complexity index is 336. The minimum absolute atomic E-state index is 0.273. The lowest BCUT2D eigenvalue weighted by atomic mass is 9.98. The van der Waals surface area contributed by atoms with Crippen molar-refractivity contribution in [2.24, 2.45) is 5.92 Å². The van der Waals surface area contributed by atoms with Crippen molar-refractivity contribution in [1.82, 2.24) is 4.90 Å². The van der Waals surface area contributed by atoms with Gasteiger partial charge in [0.2, 0.25) is 5.91 Å². The van der Waals surface area contributed by atoms with Crippen molar-refractivity contribution in [3.63, 3.8) is 0 Å². The number of allylic oxidation sites excluding steroid dienone is 1. The van der Waals surface area contributed by atoms with E-state index in [0.717, 1.165) is 37.9 Å². The first kappa shape index (κ1) is 11.3. The fourth-order valence-electron chi connectivity index (χ4n) is 3.40. The van der Waals surface area contributed by atoms with Crippen molar-refractivity contribution < 1.29 is 9.53 Å². The molecule has 0 aromatic carbocycles. The van der Waals surface area contributed by atoms with Crippen molar-refractivity contribution in [1.29, 1.82) is 0 Å². The van der Waals surface area contributed by atoms with Crippen LogP contribution in [0.15, 0.2) is 11.6 Å². The van der Waals surface area contributed by atoms with Gasteiger partial charge in [-0.1, -0.05) is 6.08 Å². The number of ether oxygens (including phenoxy) is 1. The Hall–Kier alpha value is -0.830. The van der Waals surface area contributed by atoms with E-state index in [-0.39, 0.29) is 5.91 Å². The molecule has 0 spiro atoms. The van der Waals surface area contributed by atoms with Gasteiger partial charge in [0.15, 0.2) is 0 Å². The maximum Gasteiger partial charge on any atom is 0.249 e. The average molecular weight is 235 g/mol. The van der Waals surface area contributed by atoms with Gasteiger partial charge in [0.1, 0.15) is 0 Å². The molecule has 3 nitrogen and oxygen atoms in total. The SMILES string of the molecule is C[C@@H]1C[C@H]2CN(C(=O)C3=CCCCC3)C[C@H]2O1. The Morgan fingerprint density at radius 3 is 3.00 bits per heavy atom. The van der Waals surface area contributed by atoms with Gasteiger partial charge in [-0.25, -0.2) is 0 Å². The minimum Gasteiger partial charge on any atom is -0.373 e. The van der Waals surface area contributed by atoms with Crippen LogP contribution in [-0.4, -0.2) is 36.1 Å². The number of carbonyl (C=O) groups is 1. The van der Waals surface area contributed by atoms with Gasteiger partial charge >= 0.3 is 0 Å². The zero-order valence-electron chi connectivity index (χ0n) is 10.5. The molecule has 3 atom stereocenters. The normalized spacial score (nSPS) is 36.9. The van der Waals surface area contributed by atoms with E-state index < -0.39 is 0 Å². The van der Waals surface area contributed by atoms with Crippen LogP contribution in [0, 0.1) is 5.92 Å². The fraction of sp³-hybridized carbons (Fsp3) is 0.786. The molecule has 2 fully saturated rings. The second-order valence-corrected chi connectivity index (χ2v) is 5.67. The van der Waals surface area contributed by atoms with Crippen LogP contribution in [0.4, 0.5) is 0 Å². The molecule has 1 amide bonds. The number of hydrogen-bond acceptors (Lipinski definition) is 2. The van der Waals surface area contributed by atoms with Gasteiger partial charge in [0.05, 0.1) is 12.2 Å². The molecule has 0 bridgehead atoms. The lowest BCUT2D eigenvalue weighted by Crippen LogP contribution is -2.32. The Morgan fingerprint density at radius 2 is 2.29 bits per heavy atom. The molecule has 0 radical (unpaired) electrons. The number of nitrogens with zero attached hydrogens (tertiary/aromatic N) is 1. The first-order chi connectivity index (χ1) is 8.24. The summed E-state index contributed by atoms with van der Waals surface area (Å²) in [6.07, 6.45) is 8.41. The van der Waals surface area contributed by atoms with Crippen molar-refractivity contribution in [2.45, 2.75) is 51.2 Å². The lowest BCUT2D eigenvalue weighted by Gasteiger charge is -2.21. The van der Waals surface area contributed by atoms with E-state index >= 15 is 0 Å². The van der Waals surface area contributed by atoms with E-state index in [9.17, 15) is 4.79 Å². The summed E-state index contributed by atoms with van der Waals surface area (Å²) in [5, 5.41) is 0. The second kappa shape index (κ2) is 4.45. The van der Waals surface area contributed by atoms with Gasteiger partial charge in [-0.05, 0) is 39.0 Å². The van der Waals surface area contributed by atoms with Gasteiger partial charge in [-0.15, -0.1) is 0 Å². The summed E-state index contributed by atoms with van der Waals surface area (Å²) in [4.78, 5) is 14.3. The molecular weight excluding hydrogens is 214 g/mol. The number of likely N-dealkylation sites (tertiary alicyclic amines) is 1. The quantitative estimate of drug-likeness (QED) is 0.696. The predicted molar refractivity (Wildman–Crippen MR) is 65.6 cm³/mol. The topological polar surface area (TPSA) is 29.5 Å². The van der Waals surface area contributed by atoms with E-state index in [1.807, 2.05) is 4.90 Å². The summed E-state index contributed by atoms with van der Waals surface area (Å²) in [7, 11) is 0. The standard InChI is InChI=1S/C14H21NO2/c1-10-7-12-8-15(9-13(12)17-10)14(16)11-5-3-2-4-6-11/h5,10,12-13H,2-4,6-9H2,1H3/t10-,12+,13-/m1/s1. The Balaban J connectivity index is 1.63.